The Morgan fingerprint density at radius 1 is 1.13 bits per heavy atom. The Hall–Kier alpha value is -3.34. The number of rotatable bonds is 4. The van der Waals surface area contributed by atoms with Crippen LogP contribution in [-0.4, -0.2) is 63.3 Å². The van der Waals surface area contributed by atoms with E-state index in [4.69, 9.17) is 4.74 Å². The topological polar surface area (TPSA) is 140 Å². The van der Waals surface area contributed by atoms with Gasteiger partial charge in [0.25, 0.3) is 11.8 Å². The van der Waals surface area contributed by atoms with Gasteiger partial charge in [0.05, 0.1) is 6.04 Å². The van der Waals surface area contributed by atoms with E-state index in [9.17, 15) is 24.4 Å². The normalized spacial score (nSPS) is 20.3. The molecule has 2 aliphatic heterocycles. The molecule has 11 heteroatoms. The average Bonchev–Trinajstić information content (AvgIpc) is 2.93. The van der Waals surface area contributed by atoms with Gasteiger partial charge in [0, 0.05) is 18.7 Å². The Balaban J connectivity index is 1.47. The second-order valence-corrected chi connectivity index (χ2v) is 8.52. The molecular formula is C20H27N5O6. The summed E-state index contributed by atoms with van der Waals surface area (Å²) in [4.78, 5) is 49.6. The second kappa shape index (κ2) is 8.80. The van der Waals surface area contributed by atoms with Gasteiger partial charge in [0.2, 0.25) is 0 Å². The molecule has 2 atom stereocenters. The molecule has 0 aromatic heterocycles. The summed E-state index contributed by atoms with van der Waals surface area (Å²) in [7, 11) is 0. The zero-order valence-corrected chi connectivity index (χ0v) is 17.7. The quantitative estimate of drug-likeness (QED) is 0.414. The molecule has 4 N–H and O–H groups in total. The number of urea groups is 1. The number of hydrogen-bond donors (Lipinski definition) is 4. The number of carbonyl (C=O) groups excluding carboxylic acids is 4. The summed E-state index contributed by atoms with van der Waals surface area (Å²) in [5, 5.41) is 13.0. The zero-order chi connectivity index (χ0) is 22.8. The first-order valence-corrected chi connectivity index (χ1v) is 10.00. The van der Waals surface area contributed by atoms with Crippen LogP contribution in [0.15, 0.2) is 24.3 Å². The van der Waals surface area contributed by atoms with Gasteiger partial charge in [0.15, 0.2) is 0 Å². The van der Waals surface area contributed by atoms with Gasteiger partial charge >= 0.3 is 12.1 Å². The van der Waals surface area contributed by atoms with Gasteiger partial charge in [-0.25, -0.2) is 14.7 Å². The molecule has 2 bridgehead atoms. The van der Waals surface area contributed by atoms with Gasteiger partial charge in [-0.2, -0.15) is 0 Å². The summed E-state index contributed by atoms with van der Waals surface area (Å²) in [6.07, 6.45) is 0.366. The third kappa shape index (κ3) is 5.43. The highest BCUT2D eigenvalue weighted by molar-refractivity contribution is 5.96. The standard InChI is InChI=1S/C20H27N5O6/c1-20(2,3)31-18(28)21-10-12-4-6-13(7-5-12)16(26)22-23-17(27)15-9-8-14-11-24(15)19(29)25(14)30/h4-7,14-15,30H,8-11H2,1-3H3,(H,21,28)(H,22,26)(H,23,27). The molecule has 5 amide bonds. The van der Waals surface area contributed by atoms with Crippen LogP contribution in [0.1, 0.15) is 49.5 Å². The maximum Gasteiger partial charge on any atom is 0.407 e. The van der Waals surface area contributed by atoms with E-state index in [2.05, 4.69) is 16.2 Å². The molecule has 0 radical (unpaired) electrons. The van der Waals surface area contributed by atoms with E-state index in [0.29, 0.717) is 23.5 Å². The minimum atomic E-state index is -0.748. The van der Waals surface area contributed by atoms with Crippen molar-refractivity contribution in [3.8, 4) is 0 Å². The number of ether oxygens (including phenoxy) is 1. The molecule has 0 spiro atoms. The fraction of sp³-hybridized carbons (Fsp3) is 0.500. The Labute approximate surface area is 179 Å². The first kappa shape index (κ1) is 22.3. The average molecular weight is 433 g/mol. The molecule has 1 aromatic carbocycles. The Morgan fingerprint density at radius 2 is 1.81 bits per heavy atom. The third-order valence-corrected chi connectivity index (χ3v) is 5.00. The summed E-state index contributed by atoms with van der Waals surface area (Å²) in [6, 6.07) is 4.82. The van der Waals surface area contributed by atoms with Crippen LogP contribution in [0, 0.1) is 0 Å². The number of alkyl carbamates (subject to hydrolysis) is 1. The molecule has 2 fully saturated rings. The summed E-state index contributed by atoms with van der Waals surface area (Å²) in [5.74, 6) is -1.04. The van der Waals surface area contributed by atoms with E-state index in [1.165, 1.54) is 4.90 Å². The van der Waals surface area contributed by atoms with Gasteiger partial charge in [0.1, 0.15) is 11.6 Å². The van der Waals surface area contributed by atoms with Crippen LogP contribution in [0.5, 0.6) is 0 Å². The van der Waals surface area contributed by atoms with E-state index in [1.807, 2.05) is 0 Å². The van der Waals surface area contributed by atoms with Gasteiger partial charge in [-0.1, -0.05) is 12.1 Å². The molecule has 11 nitrogen and oxygen atoms in total. The van der Waals surface area contributed by atoms with Crippen LogP contribution in [0.4, 0.5) is 9.59 Å². The second-order valence-electron chi connectivity index (χ2n) is 8.52. The van der Waals surface area contributed by atoms with E-state index >= 15 is 0 Å². The van der Waals surface area contributed by atoms with Gasteiger partial charge in [-0.15, -0.1) is 0 Å². The van der Waals surface area contributed by atoms with E-state index in [1.54, 1.807) is 45.0 Å². The number of nitrogens with zero attached hydrogens (tertiary/aromatic N) is 2. The SMILES string of the molecule is CC(C)(C)OC(=O)NCc1ccc(C(=O)NNC(=O)C2CCC3CN2C(=O)N3O)cc1. The van der Waals surface area contributed by atoms with Crippen molar-refractivity contribution in [2.45, 2.75) is 57.8 Å². The van der Waals surface area contributed by atoms with Crippen LogP contribution >= 0.6 is 0 Å². The minimum Gasteiger partial charge on any atom is -0.444 e. The van der Waals surface area contributed by atoms with Crippen molar-refractivity contribution >= 4 is 23.9 Å². The maximum absolute atomic E-state index is 12.4. The van der Waals surface area contributed by atoms with Crippen molar-refractivity contribution in [1.29, 1.82) is 0 Å². The molecule has 0 saturated carbocycles. The predicted octanol–water partition coefficient (Wildman–Crippen LogP) is 1.13. The van der Waals surface area contributed by atoms with Crippen molar-refractivity contribution in [3.05, 3.63) is 35.4 Å². The highest BCUT2D eigenvalue weighted by Gasteiger charge is 2.46. The Kier molecular flexibility index (Phi) is 6.34. The lowest BCUT2D eigenvalue weighted by Crippen LogP contribution is -2.54. The number of hydroxylamine groups is 2. The molecule has 3 rings (SSSR count). The number of fused-ring (bicyclic) bond motifs is 2. The van der Waals surface area contributed by atoms with E-state index < -0.39 is 35.6 Å². The number of amides is 5. The Morgan fingerprint density at radius 3 is 2.45 bits per heavy atom. The Bertz CT molecular complexity index is 866. The minimum absolute atomic E-state index is 0.238. The molecule has 2 unspecified atom stereocenters. The van der Waals surface area contributed by atoms with Crippen molar-refractivity contribution in [1.82, 2.24) is 26.1 Å². The van der Waals surface area contributed by atoms with Crippen LogP contribution in [0.25, 0.3) is 0 Å². The van der Waals surface area contributed by atoms with Crippen molar-refractivity contribution in [3.63, 3.8) is 0 Å². The van der Waals surface area contributed by atoms with Crippen molar-refractivity contribution in [2.75, 3.05) is 6.54 Å². The smallest absolute Gasteiger partial charge is 0.407 e. The maximum atomic E-state index is 12.4. The van der Waals surface area contributed by atoms with Crippen LogP contribution < -0.4 is 16.2 Å². The summed E-state index contributed by atoms with van der Waals surface area (Å²) in [5.41, 5.74) is 5.16. The van der Waals surface area contributed by atoms with E-state index in [0.717, 1.165) is 5.56 Å². The number of piperidine rings is 1. The van der Waals surface area contributed by atoms with Crippen molar-refractivity contribution in [2.24, 2.45) is 0 Å². The molecule has 31 heavy (non-hydrogen) atoms. The molecule has 0 aliphatic carbocycles. The fourth-order valence-electron chi connectivity index (χ4n) is 3.46. The monoisotopic (exact) mass is 433 g/mol. The zero-order valence-electron chi connectivity index (χ0n) is 17.7. The molecule has 168 valence electrons. The first-order chi connectivity index (χ1) is 14.5. The molecule has 2 saturated heterocycles. The lowest BCUT2D eigenvalue weighted by molar-refractivity contribution is -0.126. The van der Waals surface area contributed by atoms with Crippen LogP contribution in [0.2, 0.25) is 0 Å². The number of benzene rings is 1. The predicted molar refractivity (Wildman–Crippen MR) is 108 cm³/mol. The van der Waals surface area contributed by atoms with Gasteiger partial charge < -0.3 is 15.0 Å². The number of hydrogen-bond acceptors (Lipinski definition) is 6. The lowest BCUT2D eigenvalue weighted by Gasteiger charge is -2.29. The molecule has 1 aromatic rings. The van der Waals surface area contributed by atoms with Crippen LogP contribution in [0.3, 0.4) is 0 Å². The molecule has 2 aliphatic rings. The summed E-state index contributed by atoms with van der Waals surface area (Å²) < 4.78 is 5.16. The fourth-order valence-corrected chi connectivity index (χ4v) is 3.46. The molecular weight excluding hydrogens is 406 g/mol. The van der Waals surface area contributed by atoms with Crippen molar-refractivity contribution < 1.29 is 29.1 Å². The lowest BCUT2D eigenvalue weighted by atomic mass is 10.0. The first-order valence-electron chi connectivity index (χ1n) is 10.00. The van der Waals surface area contributed by atoms with Crippen LogP contribution in [-0.2, 0) is 16.1 Å². The van der Waals surface area contributed by atoms with Gasteiger partial charge in [-0.3, -0.25) is 25.6 Å². The highest BCUT2D eigenvalue weighted by atomic mass is 16.6. The summed E-state index contributed by atoms with van der Waals surface area (Å²) >= 11 is 0. The number of carbonyl (C=O) groups is 4. The van der Waals surface area contributed by atoms with Gasteiger partial charge in [-0.05, 0) is 51.3 Å². The van der Waals surface area contributed by atoms with E-state index in [-0.39, 0.29) is 19.1 Å². The largest absolute Gasteiger partial charge is 0.444 e. The third-order valence-electron chi connectivity index (χ3n) is 5.00. The number of hydrazine groups is 1. The number of nitrogens with one attached hydrogen (secondary N) is 3. The molecule has 2 heterocycles. The highest BCUT2D eigenvalue weighted by Crippen LogP contribution is 2.28. The summed E-state index contributed by atoms with van der Waals surface area (Å²) in [6.45, 7) is 5.83.